The van der Waals surface area contributed by atoms with E-state index < -0.39 is 23.7 Å². The molecule has 192 valence electrons. The number of carboxylic acids is 1. The van der Waals surface area contributed by atoms with E-state index in [0.717, 1.165) is 0 Å². The lowest BCUT2D eigenvalue weighted by Crippen LogP contribution is -2.30. The highest BCUT2D eigenvalue weighted by Crippen LogP contribution is 2.42. The van der Waals surface area contributed by atoms with E-state index in [9.17, 15) is 24.6 Å². The summed E-state index contributed by atoms with van der Waals surface area (Å²) in [4.78, 5) is 46.8. The number of Topliss-reactive ketones (excluding diaryl/α,β-unsaturated/α-hetero) is 1. The summed E-state index contributed by atoms with van der Waals surface area (Å²) < 4.78 is 10.8. The van der Waals surface area contributed by atoms with E-state index in [1.807, 2.05) is 6.92 Å². The first kappa shape index (κ1) is 24.6. The van der Waals surface area contributed by atoms with Gasteiger partial charge in [-0.2, -0.15) is 0 Å². The van der Waals surface area contributed by atoms with Crippen LogP contribution in [0.5, 0.6) is 11.5 Å². The van der Waals surface area contributed by atoms with Gasteiger partial charge < -0.3 is 24.7 Å². The quantitative estimate of drug-likeness (QED) is 0.189. The smallest absolute Gasteiger partial charge is 0.335 e. The summed E-state index contributed by atoms with van der Waals surface area (Å²) in [6, 6.07) is 16.6. The number of benzene rings is 3. The Hall–Kier alpha value is -5.12. The Morgan fingerprint density at radius 3 is 2.45 bits per heavy atom. The highest BCUT2D eigenvalue weighted by atomic mass is 16.5. The lowest BCUT2D eigenvalue weighted by atomic mass is 9.95. The molecule has 1 saturated heterocycles. The van der Waals surface area contributed by atoms with E-state index in [-0.39, 0.29) is 22.8 Å². The summed E-state index contributed by atoms with van der Waals surface area (Å²) >= 11 is 0. The van der Waals surface area contributed by atoms with Crippen molar-refractivity contribution < 1.29 is 34.1 Å². The first-order valence-corrected chi connectivity index (χ1v) is 11.7. The zero-order valence-electron chi connectivity index (χ0n) is 20.5. The lowest BCUT2D eigenvalue weighted by Gasteiger charge is -2.23. The number of carbonyl (C=O) groups is 3. The second-order valence-electron chi connectivity index (χ2n) is 8.50. The van der Waals surface area contributed by atoms with Crippen LogP contribution in [0.25, 0.3) is 16.8 Å². The van der Waals surface area contributed by atoms with Crippen molar-refractivity contribution in [3.05, 3.63) is 89.0 Å². The van der Waals surface area contributed by atoms with Gasteiger partial charge in [-0.1, -0.05) is 24.3 Å². The molecule has 3 aromatic carbocycles. The van der Waals surface area contributed by atoms with Crippen LogP contribution in [-0.2, 0) is 9.59 Å². The monoisotopic (exact) mass is 513 g/mol. The minimum atomic E-state index is -1.11. The van der Waals surface area contributed by atoms with Crippen LogP contribution in [0.3, 0.4) is 0 Å². The molecule has 1 atom stereocenters. The molecule has 3 N–H and O–H groups in total. The second-order valence-corrected chi connectivity index (χ2v) is 8.50. The van der Waals surface area contributed by atoms with Crippen molar-refractivity contribution >= 4 is 40.4 Å². The lowest BCUT2D eigenvalue weighted by molar-refractivity contribution is -0.132. The molecule has 1 aliphatic heterocycles. The zero-order chi connectivity index (χ0) is 27.0. The number of hydrogen-bond donors (Lipinski definition) is 3. The number of aliphatic hydroxyl groups is 1. The van der Waals surface area contributed by atoms with E-state index in [0.29, 0.717) is 40.3 Å². The Morgan fingerprint density at radius 2 is 1.76 bits per heavy atom. The van der Waals surface area contributed by atoms with Crippen molar-refractivity contribution in [2.24, 2.45) is 0 Å². The number of carboxylic acid groups (broad SMARTS) is 1. The molecule has 1 unspecified atom stereocenters. The predicted octanol–water partition coefficient (Wildman–Crippen LogP) is 4.29. The minimum Gasteiger partial charge on any atom is -0.507 e. The summed E-state index contributed by atoms with van der Waals surface area (Å²) in [6.07, 6.45) is 0. The molecule has 38 heavy (non-hydrogen) atoms. The molecule has 0 bridgehead atoms. The number of aromatic carboxylic acids is 1. The zero-order valence-corrected chi connectivity index (χ0v) is 20.5. The number of imidazole rings is 1. The van der Waals surface area contributed by atoms with Crippen LogP contribution in [-0.4, -0.2) is 51.6 Å². The highest BCUT2D eigenvalue weighted by molar-refractivity contribution is 6.51. The van der Waals surface area contributed by atoms with Crippen molar-refractivity contribution in [2.75, 3.05) is 18.6 Å². The van der Waals surface area contributed by atoms with Crippen LogP contribution in [0.4, 0.5) is 5.95 Å². The van der Waals surface area contributed by atoms with Crippen molar-refractivity contribution in [1.82, 2.24) is 9.97 Å². The number of aromatic amines is 1. The molecule has 1 amide bonds. The van der Waals surface area contributed by atoms with E-state index in [1.165, 1.54) is 30.2 Å². The van der Waals surface area contributed by atoms with Crippen LogP contribution in [0.1, 0.15) is 34.5 Å². The first-order valence-electron chi connectivity index (χ1n) is 11.7. The number of nitrogens with one attached hydrogen (secondary N) is 1. The van der Waals surface area contributed by atoms with Gasteiger partial charge >= 0.3 is 11.9 Å². The molecular weight excluding hydrogens is 490 g/mol. The maximum Gasteiger partial charge on any atom is 0.335 e. The van der Waals surface area contributed by atoms with Gasteiger partial charge in [-0.05, 0) is 55.0 Å². The molecule has 1 aromatic heterocycles. The summed E-state index contributed by atoms with van der Waals surface area (Å²) in [7, 11) is 1.52. The van der Waals surface area contributed by atoms with Crippen molar-refractivity contribution in [2.45, 2.75) is 13.0 Å². The molecule has 0 aliphatic carbocycles. The number of amides is 1. The van der Waals surface area contributed by atoms with Gasteiger partial charge in [-0.15, -0.1) is 0 Å². The second kappa shape index (κ2) is 9.74. The maximum absolute atomic E-state index is 13.4. The number of carbonyl (C=O) groups excluding carboxylic acids is 2. The van der Waals surface area contributed by atoms with Gasteiger partial charge in [-0.3, -0.25) is 14.5 Å². The van der Waals surface area contributed by atoms with Gasteiger partial charge in [0.2, 0.25) is 5.95 Å². The van der Waals surface area contributed by atoms with Gasteiger partial charge in [0.25, 0.3) is 5.78 Å². The summed E-state index contributed by atoms with van der Waals surface area (Å²) in [5.41, 5.74) is 1.53. The number of rotatable bonds is 7. The van der Waals surface area contributed by atoms with Crippen LogP contribution < -0.4 is 14.4 Å². The number of aromatic nitrogens is 2. The number of methoxy groups -OCH3 is 1. The maximum atomic E-state index is 13.4. The Morgan fingerprint density at radius 1 is 1.00 bits per heavy atom. The van der Waals surface area contributed by atoms with Gasteiger partial charge in [0.15, 0.2) is 0 Å². The van der Waals surface area contributed by atoms with E-state index in [1.54, 1.807) is 48.5 Å². The third kappa shape index (κ3) is 4.21. The van der Waals surface area contributed by atoms with Crippen LogP contribution >= 0.6 is 0 Å². The van der Waals surface area contributed by atoms with Crippen LogP contribution in [0.2, 0.25) is 0 Å². The first-order chi connectivity index (χ1) is 18.3. The Labute approximate surface area is 216 Å². The van der Waals surface area contributed by atoms with Crippen molar-refractivity contribution in [3.8, 4) is 11.5 Å². The fraction of sp³-hybridized carbons (Fsp3) is 0.143. The number of H-pyrrole nitrogens is 1. The van der Waals surface area contributed by atoms with Gasteiger partial charge in [0.1, 0.15) is 17.3 Å². The highest BCUT2D eigenvalue weighted by Gasteiger charge is 2.48. The van der Waals surface area contributed by atoms with Crippen molar-refractivity contribution in [3.63, 3.8) is 0 Å². The standard InChI is InChI=1S/C28H23N3O7/c1-3-38-19-6-4-5-16(13-19)24(32)22-23(15-7-10-18(37-2)11-8-15)31(26(34)25(22)33)28-29-20-12-9-17(27(35)36)14-21(20)30-28/h4-14,23,32H,3H2,1-2H3,(H,29,30)(H,35,36)/b24-22+. The third-order valence-electron chi connectivity index (χ3n) is 6.24. The largest absolute Gasteiger partial charge is 0.507 e. The van der Waals surface area contributed by atoms with Gasteiger partial charge in [0.05, 0.1) is 41.9 Å². The third-order valence-corrected chi connectivity index (χ3v) is 6.24. The molecule has 1 aliphatic rings. The van der Waals surface area contributed by atoms with Crippen molar-refractivity contribution in [1.29, 1.82) is 0 Å². The molecule has 10 nitrogen and oxygen atoms in total. The molecule has 10 heteroatoms. The molecule has 2 heterocycles. The number of nitrogens with zero attached hydrogens (tertiary/aromatic N) is 2. The average Bonchev–Trinajstić information content (AvgIpc) is 3.46. The average molecular weight is 514 g/mol. The molecule has 0 spiro atoms. The molecule has 1 fully saturated rings. The number of aliphatic hydroxyl groups excluding tert-OH is 1. The molecule has 0 radical (unpaired) electrons. The Kier molecular flexibility index (Phi) is 6.29. The SMILES string of the molecule is CCOc1cccc(/C(O)=C2\C(=O)C(=O)N(c3nc4ccc(C(=O)O)cc4[nH]3)C2c2ccc(OC)cc2)c1. The number of hydrogen-bond acceptors (Lipinski definition) is 7. The van der Waals surface area contributed by atoms with E-state index in [2.05, 4.69) is 9.97 Å². The van der Waals surface area contributed by atoms with Gasteiger partial charge in [0, 0.05) is 5.56 Å². The number of ether oxygens (including phenoxy) is 2. The summed E-state index contributed by atoms with van der Waals surface area (Å²) in [6.45, 7) is 2.24. The molecule has 4 aromatic rings. The minimum absolute atomic E-state index is 0.0348. The predicted molar refractivity (Wildman–Crippen MR) is 138 cm³/mol. The van der Waals surface area contributed by atoms with Crippen LogP contribution in [0, 0.1) is 0 Å². The summed E-state index contributed by atoms with van der Waals surface area (Å²) in [5, 5.41) is 20.7. The van der Waals surface area contributed by atoms with Gasteiger partial charge in [-0.25, -0.2) is 9.78 Å². The molecule has 5 rings (SSSR count). The number of anilines is 1. The fourth-order valence-corrected chi connectivity index (χ4v) is 4.45. The fourth-order valence-electron chi connectivity index (χ4n) is 4.45. The van der Waals surface area contributed by atoms with E-state index in [4.69, 9.17) is 9.47 Å². The normalized spacial score (nSPS) is 16.7. The summed E-state index contributed by atoms with van der Waals surface area (Å²) in [5.74, 6) is -2.16. The topological polar surface area (TPSA) is 142 Å². The van der Waals surface area contributed by atoms with E-state index >= 15 is 0 Å². The number of fused-ring (bicyclic) bond motifs is 1. The Balaban J connectivity index is 1.69. The molecule has 0 saturated carbocycles. The number of ketones is 1. The Bertz CT molecular complexity index is 1600. The molecular formula is C28H23N3O7. The van der Waals surface area contributed by atoms with Crippen LogP contribution in [0.15, 0.2) is 72.3 Å².